The molecule has 2 aliphatic heterocycles. The van der Waals surface area contributed by atoms with Crippen molar-refractivity contribution >= 4 is 22.5 Å². The quantitative estimate of drug-likeness (QED) is 0.843. The smallest absolute Gasteiger partial charge is 0.225 e. The van der Waals surface area contributed by atoms with Gasteiger partial charge in [-0.05, 0) is 69.5 Å². The Labute approximate surface area is 171 Å². The number of nitriles is 1. The number of carbonyl (C=O) groups excluding carboxylic acids is 1. The maximum Gasteiger partial charge on any atom is 0.225 e. The summed E-state index contributed by atoms with van der Waals surface area (Å²) in [6, 6.07) is 10.4. The molecule has 0 radical (unpaired) electrons. The van der Waals surface area contributed by atoms with Crippen LogP contribution >= 0.6 is 0 Å². The maximum absolute atomic E-state index is 13.2. The number of rotatable bonds is 3. The van der Waals surface area contributed by atoms with Crippen molar-refractivity contribution in [2.45, 2.75) is 38.1 Å². The number of pyridine rings is 1. The average Bonchev–Trinajstić information content (AvgIpc) is 3.47. The molecule has 3 heterocycles. The summed E-state index contributed by atoms with van der Waals surface area (Å²) in [6.45, 7) is 3.68. The van der Waals surface area contributed by atoms with E-state index in [1.165, 1.54) is 0 Å². The zero-order valence-electron chi connectivity index (χ0n) is 16.7. The monoisotopic (exact) mass is 389 g/mol. The van der Waals surface area contributed by atoms with E-state index in [0.29, 0.717) is 11.6 Å². The summed E-state index contributed by atoms with van der Waals surface area (Å²) >= 11 is 0. The number of aromatic nitrogens is 1. The van der Waals surface area contributed by atoms with Crippen LogP contribution in [-0.2, 0) is 4.79 Å². The molecular weight excluding hydrogens is 362 g/mol. The molecule has 1 aromatic carbocycles. The van der Waals surface area contributed by atoms with Crippen LogP contribution in [0.4, 0.5) is 5.69 Å². The van der Waals surface area contributed by atoms with Gasteiger partial charge in [0.2, 0.25) is 5.91 Å². The normalized spacial score (nSPS) is 25.6. The van der Waals surface area contributed by atoms with Crippen LogP contribution in [0.15, 0.2) is 30.5 Å². The average molecular weight is 390 g/mol. The van der Waals surface area contributed by atoms with E-state index in [-0.39, 0.29) is 17.2 Å². The Morgan fingerprint density at radius 1 is 1.28 bits per heavy atom. The van der Waals surface area contributed by atoms with Gasteiger partial charge in [0.15, 0.2) is 0 Å². The first-order chi connectivity index (χ1) is 14.2. The molecule has 0 bridgehead atoms. The van der Waals surface area contributed by atoms with Crippen LogP contribution in [0.2, 0.25) is 0 Å². The van der Waals surface area contributed by atoms with Crippen molar-refractivity contribution in [2.75, 3.05) is 31.1 Å². The Hall–Kier alpha value is -2.65. The lowest BCUT2D eigenvalue weighted by atomic mass is 9.91. The predicted octanol–water partition coefficient (Wildman–Crippen LogP) is 2.58. The van der Waals surface area contributed by atoms with E-state index in [4.69, 9.17) is 0 Å². The fourth-order valence-electron chi connectivity index (χ4n) is 5.17. The van der Waals surface area contributed by atoms with E-state index in [1.807, 2.05) is 24.3 Å². The summed E-state index contributed by atoms with van der Waals surface area (Å²) in [5, 5.41) is 17.2. The molecule has 2 aromatic rings. The van der Waals surface area contributed by atoms with Crippen LogP contribution in [0, 0.1) is 22.7 Å². The first-order valence-electron chi connectivity index (χ1n) is 10.7. The van der Waals surface area contributed by atoms with Crippen LogP contribution < -0.4 is 15.5 Å². The Morgan fingerprint density at radius 2 is 2.17 bits per heavy atom. The van der Waals surface area contributed by atoms with Crippen LogP contribution in [0.3, 0.4) is 0 Å². The number of hydrogen-bond donors (Lipinski definition) is 2. The number of carbonyl (C=O) groups is 1. The molecule has 2 atom stereocenters. The highest BCUT2D eigenvalue weighted by atomic mass is 16.2. The highest BCUT2D eigenvalue weighted by Crippen LogP contribution is 2.57. The highest BCUT2D eigenvalue weighted by Gasteiger charge is 2.58. The molecule has 1 aromatic heterocycles. The minimum atomic E-state index is 0.0427. The van der Waals surface area contributed by atoms with Crippen molar-refractivity contribution in [3.63, 3.8) is 0 Å². The SMILES string of the molecule is N#Cc1ccc(N2CC(C(=O)NC3CCCNCC3)C3(CC3)C2)c2cccnc12. The number of anilines is 1. The Balaban J connectivity index is 1.39. The number of hydrogen-bond acceptors (Lipinski definition) is 5. The lowest BCUT2D eigenvalue weighted by Gasteiger charge is -2.22. The zero-order chi connectivity index (χ0) is 19.8. The van der Waals surface area contributed by atoms with Gasteiger partial charge in [-0.1, -0.05) is 0 Å². The zero-order valence-corrected chi connectivity index (χ0v) is 16.7. The van der Waals surface area contributed by atoms with Gasteiger partial charge in [-0.25, -0.2) is 0 Å². The van der Waals surface area contributed by atoms with Crippen molar-refractivity contribution in [3.05, 3.63) is 36.0 Å². The van der Waals surface area contributed by atoms with Crippen molar-refractivity contribution in [3.8, 4) is 6.07 Å². The van der Waals surface area contributed by atoms with Crippen molar-refractivity contribution in [2.24, 2.45) is 11.3 Å². The maximum atomic E-state index is 13.2. The molecular formula is C23H27N5O. The summed E-state index contributed by atoms with van der Waals surface area (Å²) in [6.07, 6.45) is 7.18. The molecule has 2 saturated heterocycles. The lowest BCUT2D eigenvalue weighted by Crippen LogP contribution is -2.42. The number of benzene rings is 1. The summed E-state index contributed by atoms with van der Waals surface area (Å²) in [5.41, 5.74) is 2.56. The Morgan fingerprint density at radius 3 is 3.00 bits per heavy atom. The van der Waals surface area contributed by atoms with Crippen molar-refractivity contribution < 1.29 is 4.79 Å². The van der Waals surface area contributed by atoms with Gasteiger partial charge in [0, 0.05) is 41.8 Å². The Bertz CT molecular complexity index is 969. The molecule has 1 saturated carbocycles. The van der Waals surface area contributed by atoms with Crippen LogP contribution in [0.25, 0.3) is 10.9 Å². The van der Waals surface area contributed by atoms with E-state index in [0.717, 1.165) is 74.9 Å². The minimum Gasteiger partial charge on any atom is -0.370 e. The first kappa shape index (κ1) is 18.4. The van der Waals surface area contributed by atoms with Gasteiger partial charge in [-0.15, -0.1) is 0 Å². The molecule has 6 nitrogen and oxygen atoms in total. The molecule has 1 aliphatic carbocycles. The van der Waals surface area contributed by atoms with Crippen molar-refractivity contribution in [1.29, 1.82) is 5.26 Å². The van der Waals surface area contributed by atoms with E-state index < -0.39 is 0 Å². The molecule has 3 fully saturated rings. The Kier molecular flexibility index (Phi) is 4.63. The van der Waals surface area contributed by atoms with Gasteiger partial charge in [0.25, 0.3) is 0 Å². The van der Waals surface area contributed by atoms with Crippen LogP contribution in [-0.4, -0.2) is 43.1 Å². The van der Waals surface area contributed by atoms with Gasteiger partial charge >= 0.3 is 0 Å². The fraction of sp³-hybridized carbons (Fsp3) is 0.522. The third-order valence-electron chi connectivity index (χ3n) is 6.99. The van der Waals surface area contributed by atoms with Gasteiger partial charge in [-0.2, -0.15) is 5.26 Å². The molecule has 1 amide bonds. The molecule has 2 N–H and O–H groups in total. The second kappa shape index (κ2) is 7.31. The third-order valence-corrected chi connectivity index (χ3v) is 6.99. The summed E-state index contributed by atoms with van der Waals surface area (Å²) in [4.78, 5) is 20.0. The van der Waals surface area contributed by atoms with E-state index in [9.17, 15) is 10.1 Å². The van der Waals surface area contributed by atoms with Gasteiger partial charge in [0.05, 0.1) is 17.0 Å². The van der Waals surface area contributed by atoms with E-state index in [1.54, 1.807) is 6.20 Å². The number of fused-ring (bicyclic) bond motifs is 1. The third kappa shape index (κ3) is 3.34. The molecule has 1 spiro atoms. The molecule has 6 heteroatoms. The van der Waals surface area contributed by atoms with E-state index >= 15 is 0 Å². The standard InChI is InChI=1S/C23H27N5O/c24-13-16-5-6-20(18-4-2-11-26-21(16)18)28-14-19(23(15-28)8-9-23)22(29)27-17-3-1-10-25-12-7-17/h2,4-6,11,17,19,25H,1,3,7-10,12,14-15H2,(H,27,29). The summed E-state index contributed by atoms with van der Waals surface area (Å²) in [5.74, 6) is 0.272. The second-order valence-electron chi connectivity index (χ2n) is 8.83. The largest absolute Gasteiger partial charge is 0.370 e. The minimum absolute atomic E-state index is 0.0427. The summed E-state index contributed by atoms with van der Waals surface area (Å²) < 4.78 is 0. The summed E-state index contributed by atoms with van der Waals surface area (Å²) in [7, 11) is 0. The van der Waals surface area contributed by atoms with Gasteiger partial charge in [0.1, 0.15) is 6.07 Å². The van der Waals surface area contributed by atoms with E-state index in [2.05, 4.69) is 26.6 Å². The predicted molar refractivity (Wildman–Crippen MR) is 112 cm³/mol. The van der Waals surface area contributed by atoms with Crippen molar-refractivity contribution in [1.82, 2.24) is 15.6 Å². The number of nitrogens with one attached hydrogen (secondary N) is 2. The lowest BCUT2D eigenvalue weighted by molar-refractivity contribution is -0.126. The highest BCUT2D eigenvalue weighted by molar-refractivity contribution is 5.96. The number of amides is 1. The van der Waals surface area contributed by atoms with Crippen LogP contribution in [0.1, 0.15) is 37.7 Å². The fourth-order valence-corrected chi connectivity index (χ4v) is 5.17. The molecule has 2 unspecified atom stereocenters. The van der Waals surface area contributed by atoms with Gasteiger partial charge in [-0.3, -0.25) is 9.78 Å². The molecule has 5 rings (SSSR count). The molecule has 150 valence electrons. The molecule has 3 aliphatic rings. The second-order valence-corrected chi connectivity index (χ2v) is 8.83. The topological polar surface area (TPSA) is 81.0 Å². The number of nitrogens with zero attached hydrogens (tertiary/aromatic N) is 3. The van der Waals surface area contributed by atoms with Crippen LogP contribution in [0.5, 0.6) is 0 Å². The first-order valence-corrected chi connectivity index (χ1v) is 10.7. The van der Waals surface area contributed by atoms with Gasteiger partial charge < -0.3 is 15.5 Å². The molecule has 29 heavy (non-hydrogen) atoms.